The van der Waals surface area contributed by atoms with Crippen molar-refractivity contribution in [2.24, 2.45) is 5.92 Å². The van der Waals surface area contributed by atoms with Crippen LogP contribution in [-0.2, 0) is 23.9 Å². The second-order valence-electron chi connectivity index (χ2n) is 7.84. The zero-order valence-corrected chi connectivity index (χ0v) is 18.3. The first-order valence-corrected chi connectivity index (χ1v) is 10.6. The second-order valence-corrected chi connectivity index (χ2v) is 7.84. The first-order valence-electron chi connectivity index (χ1n) is 10.6. The third-order valence-electron chi connectivity index (χ3n) is 5.03. The van der Waals surface area contributed by atoms with E-state index in [0.717, 1.165) is 6.08 Å². The van der Waals surface area contributed by atoms with E-state index in [2.05, 4.69) is 5.32 Å². The molecule has 1 aliphatic carbocycles. The highest BCUT2D eigenvalue weighted by molar-refractivity contribution is 5.94. The van der Waals surface area contributed by atoms with E-state index in [1.54, 1.807) is 19.1 Å². The molecular weight excluding hydrogens is 418 g/mol. The van der Waals surface area contributed by atoms with E-state index in [1.807, 2.05) is 0 Å². The van der Waals surface area contributed by atoms with E-state index < -0.39 is 36.0 Å². The van der Waals surface area contributed by atoms with Crippen molar-refractivity contribution in [1.82, 2.24) is 5.32 Å². The monoisotopic (exact) mass is 449 g/mol. The molecule has 9 heteroatoms. The van der Waals surface area contributed by atoms with Gasteiger partial charge in [-0.25, -0.2) is 4.79 Å². The Morgan fingerprint density at radius 3 is 2.72 bits per heavy atom. The van der Waals surface area contributed by atoms with E-state index in [0.29, 0.717) is 25.3 Å². The van der Waals surface area contributed by atoms with Gasteiger partial charge in [0.25, 0.3) is 0 Å². The molecule has 2 aliphatic rings. The zero-order valence-electron chi connectivity index (χ0n) is 18.3. The summed E-state index contributed by atoms with van der Waals surface area (Å²) >= 11 is 0. The minimum Gasteiger partial charge on any atom is -0.507 e. The number of aliphatic hydroxyl groups excluding tert-OH is 3. The summed E-state index contributed by atoms with van der Waals surface area (Å²) in [6.07, 6.45) is 4.79. The molecule has 1 heterocycles. The molecule has 0 aromatic carbocycles. The number of hydrogen-bond donors (Lipinski definition) is 4. The number of carbonyl (C=O) groups is 3. The fourth-order valence-electron chi connectivity index (χ4n) is 3.33. The number of aliphatic hydroxyl groups is 3. The van der Waals surface area contributed by atoms with Crippen LogP contribution in [0.4, 0.5) is 0 Å². The van der Waals surface area contributed by atoms with Crippen molar-refractivity contribution >= 4 is 17.7 Å². The third-order valence-corrected chi connectivity index (χ3v) is 5.03. The number of nitrogens with one attached hydrogen (secondary N) is 1. The van der Waals surface area contributed by atoms with Crippen molar-refractivity contribution < 1.29 is 39.2 Å². The molecule has 0 aromatic heterocycles. The van der Waals surface area contributed by atoms with Crippen LogP contribution >= 0.6 is 0 Å². The lowest BCUT2D eigenvalue weighted by atomic mass is 9.88. The van der Waals surface area contributed by atoms with E-state index >= 15 is 0 Å². The van der Waals surface area contributed by atoms with Crippen molar-refractivity contribution in [3.05, 3.63) is 47.5 Å². The predicted molar refractivity (Wildman–Crippen MR) is 115 cm³/mol. The van der Waals surface area contributed by atoms with E-state index in [1.165, 1.54) is 19.1 Å². The smallest absolute Gasteiger partial charge is 0.338 e. The molecule has 0 spiro atoms. The molecule has 176 valence electrons. The van der Waals surface area contributed by atoms with Gasteiger partial charge in [0.2, 0.25) is 5.91 Å². The zero-order chi connectivity index (χ0) is 23.7. The van der Waals surface area contributed by atoms with Gasteiger partial charge in [0, 0.05) is 38.3 Å². The summed E-state index contributed by atoms with van der Waals surface area (Å²) in [4.78, 5) is 35.6. The summed E-state index contributed by atoms with van der Waals surface area (Å²) in [6.45, 7) is 3.84. The normalized spacial score (nSPS) is 29.2. The van der Waals surface area contributed by atoms with E-state index in [9.17, 15) is 29.7 Å². The van der Waals surface area contributed by atoms with Gasteiger partial charge in [-0.1, -0.05) is 18.2 Å². The van der Waals surface area contributed by atoms with Gasteiger partial charge >= 0.3 is 5.97 Å². The molecule has 0 radical (unpaired) electrons. The number of allylic oxidation sites excluding steroid dienone is 3. The van der Waals surface area contributed by atoms with Gasteiger partial charge in [-0.2, -0.15) is 0 Å². The van der Waals surface area contributed by atoms with Crippen molar-refractivity contribution in [1.29, 1.82) is 0 Å². The number of carbonyl (C=O) groups excluding carboxylic acids is 3. The van der Waals surface area contributed by atoms with Crippen LogP contribution in [0.25, 0.3) is 0 Å². The van der Waals surface area contributed by atoms with Crippen LogP contribution in [0, 0.1) is 5.92 Å². The van der Waals surface area contributed by atoms with Crippen molar-refractivity contribution in [2.75, 3.05) is 13.2 Å². The van der Waals surface area contributed by atoms with Gasteiger partial charge in [0.15, 0.2) is 5.78 Å². The van der Waals surface area contributed by atoms with Crippen molar-refractivity contribution in [3.63, 3.8) is 0 Å². The second kappa shape index (κ2) is 12.2. The molecule has 9 nitrogen and oxygen atoms in total. The Hall–Kier alpha value is -2.91. The number of hydrogen-bond acceptors (Lipinski definition) is 8. The lowest BCUT2D eigenvalue weighted by Gasteiger charge is -2.25. The summed E-state index contributed by atoms with van der Waals surface area (Å²) < 4.78 is 11.1. The fraction of sp³-hybridized carbons (Fsp3) is 0.522. The summed E-state index contributed by atoms with van der Waals surface area (Å²) in [5.41, 5.74) is 0.0749. The maximum absolute atomic E-state index is 12.7. The average molecular weight is 450 g/mol. The van der Waals surface area contributed by atoms with Crippen LogP contribution in [0.1, 0.15) is 39.5 Å². The van der Waals surface area contributed by atoms with Gasteiger partial charge in [0.1, 0.15) is 23.7 Å². The molecule has 2 rings (SSSR count). The van der Waals surface area contributed by atoms with Crippen LogP contribution in [-0.4, -0.2) is 64.4 Å². The highest BCUT2D eigenvalue weighted by atomic mass is 16.5. The highest BCUT2D eigenvalue weighted by Crippen LogP contribution is 2.32. The Bertz CT molecular complexity index is 826. The minimum atomic E-state index is -1.56. The Morgan fingerprint density at radius 2 is 2.00 bits per heavy atom. The van der Waals surface area contributed by atoms with Gasteiger partial charge in [-0.15, -0.1) is 0 Å². The number of esters is 1. The summed E-state index contributed by atoms with van der Waals surface area (Å²) in [5.74, 6) is -1.82. The summed E-state index contributed by atoms with van der Waals surface area (Å²) in [5, 5.41) is 33.3. The Balaban J connectivity index is 2.19. The molecule has 4 atom stereocenters. The lowest BCUT2D eigenvalue weighted by molar-refractivity contribution is -0.144. The highest BCUT2D eigenvalue weighted by Gasteiger charge is 2.31. The Kier molecular flexibility index (Phi) is 9.67. The van der Waals surface area contributed by atoms with Gasteiger partial charge in [-0.3, -0.25) is 9.59 Å². The third kappa shape index (κ3) is 7.65. The lowest BCUT2D eigenvalue weighted by Crippen LogP contribution is -2.32. The maximum Gasteiger partial charge on any atom is 0.338 e. The molecule has 4 N–H and O–H groups in total. The van der Waals surface area contributed by atoms with Crippen LogP contribution in [0.2, 0.25) is 0 Å². The molecule has 0 saturated heterocycles. The molecule has 4 unspecified atom stereocenters. The molecule has 0 aromatic rings. The molecule has 0 saturated carbocycles. The average Bonchev–Trinajstić information content (AvgIpc) is 2.71. The maximum atomic E-state index is 12.7. The Labute approximate surface area is 187 Å². The number of fused-ring (bicyclic) bond motifs is 1. The van der Waals surface area contributed by atoms with E-state index in [4.69, 9.17) is 9.47 Å². The van der Waals surface area contributed by atoms with Crippen molar-refractivity contribution in [2.45, 2.75) is 57.8 Å². The molecule has 32 heavy (non-hydrogen) atoms. The standard InChI is InChI=1S/C23H31NO8/c1-14-6-3-8-18(26)22(29)19(27)9-4-7-16-12-17(31-11-5-10-24-15(2)25)13-20(28)21(16)23(30)32-14/h3-4,7-8,13-14,16,19,22,27-29H,5-6,9-12H2,1-2H3,(H,24,25)/b7-4+,8-3-. The number of cyclic esters (lactones) is 1. The van der Waals surface area contributed by atoms with Crippen LogP contribution in [0.5, 0.6) is 0 Å². The van der Waals surface area contributed by atoms with Gasteiger partial charge in [0.05, 0.1) is 18.3 Å². The first kappa shape index (κ1) is 25.4. The van der Waals surface area contributed by atoms with Crippen LogP contribution in [0.15, 0.2) is 47.5 Å². The molecular formula is C23H31NO8. The van der Waals surface area contributed by atoms with Gasteiger partial charge < -0.3 is 30.1 Å². The fourth-order valence-corrected chi connectivity index (χ4v) is 3.33. The minimum absolute atomic E-state index is 0.0205. The van der Waals surface area contributed by atoms with Gasteiger partial charge in [-0.05, 0) is 25.8 Å². The largest absolute Gasteiger partial charge is 0.507 e. The number of ketones is 1. The number of rotatable bonds is 5. The quantitative estimate of drug-likeness (QED) is 0.280. The molecule has 0 bridgehead atoms. The summed E-state index contributed by atoms with van der Waals surface area (Å²) in [7, 11) is 0. The van der Waals surface area contributed by atoms with Crippen LogP contribution in [0.3, 0.4) is 0 Å². The molecule has 1 aliphatic heterocycles. The first-order chi connectivity index (χ1) is 15.2. The predicted octanol–water partition coefficient (Wildman–Crippen LogP) is 1.37. The van der Waals surface area contributed by atoms with E-state index in [-0.39, 0.29) is 36.5 Å². The Morgan fingerprint density at radius 1 is 1.25 bits per heavy atom. The number of amides is 1. The SMILES string of the molecule is CC(=O)NCCCOC1=CC(O)=C2C(=O)OC(C)C/C=C\C(=O)C(O)C(O)C/C=C/C2C1. The number of ether oxygens (including phenoxy) is 2. The summed E-state index contributed by atoms with van der Waals surface area (Å²) in [6, 6.07) is 0. The topological polar surface area (TPSA) is 142 Å². The van der Waals surface area contributed by atoms with Crippen molar-refractivity contribution in [3.8, 4) is 0 Å². The molecule has 1 amide bonds. The van der Waals surface area contributed by atoms with Crippen LogP contribution < -0.4 is 5.32 Å². The molecule has 0 fully saturated rings.